The summed E-state index contributed by atoms with van der Waals surface area (Å²) in [5.74, 6) is -0.488. The molecule has 1 aliphatic heterocycles. The van der Waals surface area contributed by atoms with E-state index in [1.165, 1.54) is 0 Å². The molecule has 2 fully saturated rings. The maximum atomic E-state index is 12.4. The topological polar surface area (TPSA) is 70.1 Å². The van der Waals surface area contributed by atoms with Gasteiger partial charge in [0, 0.05) is 37.3 Å². The van der Waals surface area contributed by atoms with E-state index in [1.54, 1.807) is 12.1 Å². The predicted octanol–water partition coefficient (Wildman–Crippen LogP) is 3.22. The van der Waals surface area contributed by atoms with Crippen molar-refractivity contribution in [3.8, 4) is 0 Å². The number of ether oxygens (including phenoxy) is 1. The molecule has 6 heteroatoms. The van der Waals surface area contributed by atoms with Crippen molar-refractivity contribution in [1.29, 1.82) is 0 Å². The molecule has 1 aromatic carbocycles. The monoisotopic (exact) mass is 346 g/mol. The van der Waals surface area contributed by atoms with Crippen LogP contribution in [0.3, 0.4) is 0 Å². The smallest absolute Gasteiger partial charge is 0.410 e. The molecule has 1 heterocycles. The highest BCUT2D eigenvalue weighted by Gasteiger charge is 2.39. The van der Waals surface area contributed by atoms with Gasteiger partial charge in [-0.2, -0.15) is 0 Å². The summed E-state index contributed by atoms with van der Waals surface area (Å²) >= 11 is 0. The summed E-state index contributed by atoms with van der Waals surface area (Å²) < 4.78 is 5.54. The molecule has 1 aromatic rings. The van der Waals surface area contributed by atoms with Crippen molar-refractivity contribution in [3.05, 3.63) is 29.8 Å². The Balaban J connectivity index is 1.53. The van der Waals surface area contributed by atoms with Crippen LogP contribution in [0.1, 0.15) is 44.0 Å². The van der Waals surface area contributed by atoms with Gasteiger partial charge in [-0.15, -0.1) is 0 Å². The summed E-state index contributed by atoms with van der Waals surface area (Å²) in [7, 11) is 0. The van der Waals surface area contributed by atoms with Gasteiger partial charge < -0.3 is 19.6 Å². The number of carboxylic acids is 1. The summed E-state index contributed by atoms with van der Waals surface area (Å²) in [5.41, 5.74) is 0.851. The van der Waals surface area contributed by atoms with E-state index in [4.69, 9.17) is 9.84 Å². The number of nitrogens with zero attached hydrogens (tertiary/aromatic N) is 2. The molecule has 1 saturated carbocycles. The maximum absolute atomic E-state index is 12.4. The minimum atomic E-state index is -0.912. The van der Waals surface area contributed by atoms with Crippen LogP contribution in [0, 0.1) is 5.92 Å². The van der Waals surface area contributed by atoms with Crippen molar-refractivity contribution < 1.29 is 19.4 Å². The molecular formula is C19H26N2O4. The Kier molecular flexibility index (Phi) is 4.62. The molecular weight excluding hydrogens is 320 g/mol. The third-order valence-corrected chi connectivity index (χ3v) is 4.51. The quantitative estimate of drug-likeness (QED) is 0.886. The van der Waals surface area contributed by atoms with E-state index in [0.29, 0.717) is 17.5 Å². The fraction of sp³-hybridized carbons (Fsp3) is 0.579. The van der Waals surface area contributed by atoms with Crippen molar-refractivity contribution in [2.24, 2.45) is 5.92 Å². The number of carbonyl (C=O) groups excluding carboxylic acids is 1. The second-order valence-corrected chi connectivity index (χ2v) is 7.99. The van der Waals surface area contributed by atoms with Crippen LogP contribution in [0.2, 0.25) is 0 Å². The van der Waals surface area contributed by atoms with Gasteiger partial charge in [0.15, 0.2) is 0 Å². The summed E-state index contributed by atoms with van der Waals surface area (Å²) in [4.78, 5) is 27.4. The summed E-state index contributed by atoms with van der Waals surface area (Å²) in [6.07, 6.45) is 1.91. The summed E-state index contributed by atoms with van der Waals surface area (Å²) in [5, 5.41) is 8.95. The molecule has 1 N–H and O–H groups in total. The zero-order valence-corrected chi connectivity index (χ0v) is 15.1. The Morgan fingerprint density at radius 3 is 2.28 bits per heavy atom. The van der Waals surface area contributed by atoms with E-state index in [2.05, 4.69) is 4.90 Å². The Bertz CT molecular complexity index is 640. The lowest BCUT2D eigenvalue weighted by Crippen LogP contribution is -2.53. The molecule has 1 amide bonds. The van der Waals surface area contributed by atoms with E-state index in [0.717, 1.165) is 38.2 Å². The maximum Gasteiger partial charge on any atom is 0.410 e. The lowest BCUT2D eigenvalue weighted by molar-refractivity contribution is 0.0193. The Morgan fingerprint density at radius 2 is 1.80 bits per heavy atom. The molecule has 0 atom stereocenters. The molecule has 6 nitrogen and oxygen atoms in total. The SMILES string of the molecule is CC(C)(C)OC(=O)N(CC1CN(c2ccc(C(=O)O)cc2)C1)C1CC1. The Labute approximate surface area is 148 Å². The minimum absolute atomic E-state index is 0.209. The molecule has 0 radical (unpaired) electrons. The minimum Gasteiger partial charge on any atom is -0.478 e. The number of hydrogen-bond donors (Lipinski definition) is 1. The zero-order valence-electron chi connectivity index (χ0n) is 15.1. The van der Waals surface area contributed by atoms with Crippen LogP contribution in [-0.2, 0) is 4.74 Å². The second kappa shape index (κ2) is 6.58. The third-order valence-electron chi connectivity index (χ3n) is 4.51. The molecule has 25 heavy (non-hydrogen) atoms. The van der Waals surface area contributed by atoms with Crippen molar-refractivity contribution in [3.63, 3.8) is 0 Å². The molecule has 1 saturated heterocycles. The third kappa shape index (κ3) is 4.44. The number of aromatic carboxylic acids is 1. The molecule has 1 aliphatic carbocycles. The molecule has 136 valence electrons. The van der Waals surface area contributed by atoms with Gasteiger partial charge in [0.1, 0.15) is 5.60 Å². The predicted molar refractivity (Wildman–Crippen MR) is 95.1 cm³/mol. The van der Waals surface area contributed by atoms with Gasteiger partial charge in [-0.1, -0.05) is 0 Å². The first kappa shape index (κ1) is 17.6. The van der Waals surface area contributed by atoms with Crippen molar-refractivity contribution in [1.82, 2.24) is 4.90 Å². The Morgan fingerprint density at radius 1 is 1.20 bits per heavy atom. The first-order valence-electron chi connectivity index (χ1n) is 8.81. The zero-order chi connectivity index (χ0) is 18.2. The van der Waals surface area contributed by atoms with Gasteiger partial charge >= 0.3 is 12.1 Å². The second-order valence-electron chi connectivity index (χ2n) is 7.99. The molecule has 3 rings (SSSR count). The van der Waals surface area contributed by atoms with Gasteiger partial charge in [0.05, 0.1) is 5.56 Å². The highest BCUT2D eigenvalue weighted by molar-refractivity contribution is 5.88. The lowest BCUT2D eigenvalue weighted by atomic mass is 9.98. The van der Waals surface area contributed by atoms with Crippen molar-refractivity contribution in [2.75, 3.05) is 24.5 Å². The van der Waals surface area contributed by atoms with Gasteiger partial charge in [-0.25, -0.2) is 9.59 Å². The van der Waals surface area contributed by atoms with Gasteiger partial charge in [-0.05, 0) is 57.9 Å². The molecule has 0 spiro atoms. The fourth-order valence-corrected chi connectivity index (χ4v) is 3.07. The normalized spacial score (nSPS) is 17.8. The average molecular weight is 346 g/mol. The van der Waals surface area contributed by atoms with Crippen LogP contribution in [0.4, 0.5) is 10.5 Å². The standard InChI is InChI=1S/C19H26N2O4/c1-19(2,3)25-18(24)21(16-8-9-16)12-13-10-20(11-13)15-6-4-14(5-7-15)17(22)23/h4-7,13,16H,8-12H2,1-3H3,(H,22,23). The number of amides is 1. The fourth-order valence-electron chi connectivity index (χ4n) is 3.07. The first-order chi connectivity index (χ1) is 11.7. The molecule has 0 bridgehead atoms. The lowest BCUT2D eigenvalue weighted by Gasteiger charge is -2.43. The highest BCUT2D eigenvalue weighted by atomic mass is 16.6. The van der Waals surface area contributed by atoms with E-state index in [9.17, 15) is 9.59 Å². The van der Waals surface area contributed by atoms with Gasteiger partial charge in [0.25, 0.3) is 0 Å². The summed E-state index contributed by atoms with van der Waals surface area (Å²) in [6, 6.07) is 7.27. The molecule has 0 unspecified atom stereocenters. The van der Waals surface area contributed by atoms with E-state index in [-0.39, 0.29) is 6.09 Å². The average Bonchev–Trinajstić information content (AvgIpc) is 3.29. The largest absolute Gasteiger partial charge is 0.478 e. The van der Waals surface area contributed by atoms with Crippen molar-refractivity contribution in [2.45, 2.75) is 45.3 Å². The molecule has 0 aromatic heterocycles. The van der Waals surface area contributed by atoms with Gasteiger partial charge in [0.2, 0.25) is 0 Å². The number of hydrogen-bond acceptors (Lipinski definition) is 4. The first-order valence-corrected chi connectivity index (χ1v) is 8.81. The number of anilines is 1. The van der Waals surface area contributed by atoms with Crippen LogP contribution in [0.5, 0.6) is 0 Å². The van der Waals surface area contributed by atoms with E-state index >= 15 is 0 Å². The van der Waals surface area contributed by atoms with Crippen molar-refractivity contribution >= 4 is 17.7 Å². The van der Waals surface area contributed by atoms with Crippen LogP contribution >= 0.6 is 0 Å². The van der Waals surface area contributed by atoms with Crippen LogP contribution in [-0.4, -0.2) is 53.3 Å². The number of carbonyl (C=O) groups is 2. The Hall–Kier alpha value is -2.24. The molecule has 2 aliphatic rings. The van der Waals surface area contributed by atoms with Crippen LogP contribution < -0.4 is 4.90 Å². The highest BCUT2D eigenvalue weighted by Crippen LogP contribution is 2.32. The summed E-state index contributed by atoms with van der Waals surface area (Å²) in [6.45, 7) is 8.14. The number of rotatable bonds is 5. The number of carboxylic acid groups (broad SMARTS) is 1. The van der Waals surface area contributed by atoms with Crippen LogP contribution in [0.25, 0.3) is 0 Å². The van der Waals surface area contributed by atoms with E-state index in [1.807, 2.05) is 37.8 Å². The van der Waals surface area contributed by atoms with E-state index < -0.39 is 11.6 Å². The van der Waals surface area contributed by atoms with Crippen LogP contribution in [0.15, 0.2) is 24.3 Å². The number of benzene rings is 1. The van der Waals surface area contributed by atoms with Gasteiger partial charge in [-0.3, -0.25) is 0 Å².